The number of phosphoric acid groups is 2. The van der Waals surface area contributed by atoms with E-state index in [0.29, 0.717) is 50.4 Å². The summed E-state index contributed by atoms with van der Waals surface area (Å²) in [6, 6.07) is -0.182. The molecule has 0 aliphatic carbocycles. The number of rotatable bonds is 25. The molecule has 6 rings (SSSR count). The number of aliphatic hydroxyl groups is 3. The summed E-state index contributed by atoms with van der Waals surface area (Å²) in [5.74, 6) is 1.08. The number of aliphatic hydroxyl groups excluding tert-OH is 3. The molecule has 28 heteroatoms. The number of hydrogen-bond acceptors (Lipinski definition) is 20. The van der Waals surface area contributed by atoms with Gasteiger partial charge in [0.05, 0.1) is 112 Å². The fourth-order valence-corrected chi connectivity index (χ4v) is 12.4. The van der Waals surface area contributed by atoms with Crippen LogP contribution >= 0.6 is 23.9 Å². The molecule has 0 amide bonds. The van der Waals surface area contributed by atoms with Gasteiger partial charge in [0.25, 0.3) is 15.6 Å². The van der Waals surface area contributed by atoms with Gasteiger partial charge in [-0.25, -0.2) is 4.39 Å². The third-order valence-electron chi connectivity index (χ3n) is 13.2. The maximum Gasteiger partial charge on any atom is 0.319 e. The molecule has 6 aliphatic rings. The fraction of sp³-hybridized carbons (Fsp3) is 1.00. The maximum atomic E-state index is 12.8. The molecule has 0 aromatic heterocycles. The minimum Gasteiger partial charge on any atom is -0.756 e. The van der Waals surface area contributed by atoms with Crippen LogP contribution in [0.15, 0.2) is 0 Å². The van der Waals surface area contributed by atoms with Crippen molar-refractivity contribution >= 4 is 38.8 Å². The van der Waals surface area contributed by atoms with Crippen molar-refractivity contribution in [3.8, 4) is 0 Å². The molecule has 425 valence electrons. The molecule has 74 heavy (non-hydrogen) atoms. The minimum absolute atomic E-state index is 0. The van der Waals surface area contributed by atoms with Gasteiger partial charge in [0, 0.05) is 111 Å². The van der Waals surface area contributed by atoms with Gasteiger partial charge in [0.2, 0.25) is 0 Å². The van der Waals surface area contributed by atoms with Crippen molar-refractivity contribution in [1.82, 2.24) is 0 Å². The van der Waals surface area contributed by atoms with Crippen molar-refractivity contribution in [3.63, 3.8) is 0 Å². The molecule has 6 aliphatic heterocycles. The Hall–Kier alpha value is 2.28. The second kappa shape index (κ2) is 35.4. The predicted octanol–water partition coefficient (Wildman–Crippen LogP) is 5.23. The standard InChI is InChI=1S/C16H31O7P.C15H28B2O6P.C15H28FO7P.2Y/c1-5-12-8-13(17)16(22-12)9-20-24(18,19)23-15-7-11(4)21-14(15)6-10(2)3;1-4-10-6-11(18)14(21-10)8-20-24(19)23-13-7-15(17-16)22-12(13)5-9(2)3;1-9(2)4-13-14(6-11(7-16)22-13)23-24(18,19)20-8-15-12(17)5-10(3)21-15;;/h10-17H,5-9H2,1-4H3,(H,18,19);9-15,18,24H,4-8H2,1-3H3;9-15,17H,4-8H2,1-3H3,(H,18,19);;/p-2/t11-,12-,13-,14+,15-,16+;10-,11-,12+,13-,14+,15+;10-,11+,12-,13+,14-,15+;;/m000../s1. The van der Waals surface area contributed by atoms with E-state index < -0.39 is 91.6 Å². The molecular weight excluding hydrogens is 1180 g/mol. The van der Waals surface area contributed by atoms with Gasteiger partial charge < -0.3 is 80.7 Å². The second-order valence-corrected chi connectivity index (χ2v) is 25.0. The predicted molar refractivity (Wildman–Crippen MR) is 262 cm³/mol. The van der Waals surface area contributed by atoms with E-state index in [4.69, 9.17) is 63.3 Å². The van der Waals surface area contributed by atoms with Crippen molar-refractivity contribution in [2.75, 3.05) is 26.5 Å². The molecule has 6 fully saturated rings. The molecule has 0 aromatic rings. The monoisotopic (exact) mass is 1270 g/mol. The Kier molecular flexibility index (Phi) is 34.6. The van der Waals surface area contributed by atoms with Crippen LogP contribution in [-0.4, -0.2) is 166 Å². The molecule has 6 heterocycles. The van der Waals surface area contributed by atoms with E-state index in [1.807, 2.05) is 34.6 Å². The normalized spacial score (nSPS) is 37.9. The van der Waals surface area contributed by atoms with Crippen LogP contribution in [-0.2, 0) is 135 Å². The Morgan fingerprint density at radius 3 is 1.45 bits per heavy atom. The average Bonchev–Trinajstić information content (AvgIpc) is 4.15. The molecule has 20 nitrogen and oxygen atoms in total. The summed E-state index contributed by atoms with van der Waals surface area (Å²) in [5, 5.41) is 29.6. The van der Waals surface area contributed by atoms with E-state index in [2.05, 4.69) is 27.7 Å². The van der Waals surface area contributed by atoms with Crippen molar-refractivity contribution < 1.29 is 164 Å². The smallest absolute Gasteiger partial charge is 0.319 e. The Bertz CT molecular complexity index is 1690. The molecule has 6 saturated heterocycles. The number of halogens is 1. The van der Waals surface area contributed by atoms with Crippen molar-refractivity contribution in [2.45, 2.75) is 250 Å². The quantitative estimate of drug-likeness (QED) is 0.0780. The van der Waals surface area contributed by atoms with E-state index in [-0.39, 0.29) is 146 Å². The zero-order valence-corrected chi connectivity index (χ0v) is 53.6. The summed E-state index contributed by atoms with van der Waals surface area (Å²) in [7, 11) is -4.71. The van der Waals surface area contributed by atoms with Crippen LogP contribution < -0.4 is 9.79 Å². The summed E-state index contributed by atoms with van der Waals surface area (Å²) >= 11 is 0. The summed E-state index contributed by atoms with van der Waals surface area (Å²) in [6.07, 6.45) is -0.598. The van der Waals surface area contributed by atoms with Crippen LogP contribution in [0.2, 0.25) is 0 Å². The third-order valence-corrected chi connectivity index (χ3v) is 16.1. The van der Waals surface area contributed by atoms with Crippen LogP contribution in [0, 0.1) is 17.8 Å². The topological polar surface area (TPSA) is 269 Å². The summed E-state index contributed by atoms with van der Waals surface area (Å²) in [6.45, 7) is 18.8. The van der Waals surface area contributed by atoms with Crippen molar-refractivity contribution in [3.05, 3.63) is 0 Å². The average molecular weight is 1270 g/mol. The number of alkyl halides is 1. The number of phosphoric ester groups is 2. The molecular formula is C46H85B2FO20P3Y2-2. The Morgan fingerprint density at radius 1 is 0.608 bits per heavy atom. The first-order valence-corrected chi connectivity index (χ1v) is 30.2. The van der Waals surface area contributed by atoms with E-state index in [1.54, 1.807) is 6.92 Å². The first-order valence-electron chi connectivity index (χ1n) is 26.0. The summed E-state index contributed by atoms with van der Waals surface area (Å²) in [4.78, 5) is 24.2. The van der Waals surface area contributed by atoms with Gasteiger partial charge in [-0.1, -0.05) is 55.4 Å². The number of hydrogen-bond donors (Lipinski definition) is 3. The maximum absolute atomic E-state index is 12.8. The van der Waals surface area contributed by atoms with E-state index >= 15 is 0 Å². The van der Waals surface area contributed by atoms with Gasteiger partial charge >= 0.3 is 8.25 Å². The van der Waals surface area contributed by atoms with E-state index in [1.165, 1.54) is 7.17 Å². The van der Waals surface area contributed by atoms with Crippen LogP contribution in [0.4, 0.5) is 4.39 Å². The zero-order valence-electron chi connectivity index (χ0n) is 45.1. The summed E-state index contributed by atoms with van der Waals surface area (Å²) in [5.41, 5.74) is 0. The van der Waals surface area contributed by atoms with Gasteiger partial charge in [-0.2, -0.15) is 0 Å². The van der Waals surface area contributed by atoms with Crippen LogP contribution in [0.3, 0.4) is 0 Å². The van der Waals surface area contributed by atoms with Crippen LogP contribution in [0.1, 0.15) is 140 Å². The first kappa shape index (κ1) is 72.4. The van der Waals surface area contributed by atoms with Crippen LogP contribution in [0.25, 0.3) is 0 Å². The number of ether oxygens (including phenoxy) is 6. The Balaban J connectivity index is 0.000000375. The third kappa shape index (κ3) is 25.4. The van der Waals surface area contributed by atoms with Gasteiger partial charge in [-0.15, -0.1) is 0 Å². The molecule has 0 bridgehead atoms. The molecule has 3 N–H and O–H groups in total. The first-order chi connectivity index (χ1) is 33.8. The largest absolute Gasteiger partial charge is 0.756 e. The molecule has 21 atom stereocenters. The van der Waals surface area contributed by atoms with Crippen LogP contribution in [0.5, 0.6) is 0 Å². The van der Waals surface area contributed by atoms with Crippen molar-refractivity contribution in [2.24, 2.45) is 17.8 Å². The Labute approximate surface area is 493 Å². The molecule has 0 spiro atoms. The zero-order chi connectivity index (χ0) is 53.5. The SMILES string of the molecule is CC(C)C[C@H]1O[C@@H](CF)C[C@@H]1OP(=O)([O-])OC[C@H]1O[C@@H](C)C[C@@H]1O.CC[C@H]1C[C@H](O)[C@@H](COP(=O)([O-])O[C@H]2C[C@H](C)O[C@@H]2CC(C)C)O1.[B][B][C@H]1C[C@H](O[PH](=O)OC[C@H]2O[C@@H](CC)C[C@@H]2O)[C@@H](CC(C)C)O1.[Y].[Y]. The van der Waals surface area contributed by atoms with Gasteiger partial charge in [-0.05, 0) is 70.1 Å². The fourth-order valence-electron chi connectivity index (χ4n) is 9.63. The minimum atomic E-state index is -4.60. The van der Waals surface area contributed by atoms with Gasteiger partial charge in [0.1, 0.15) is 25.0 Å². The summed E-state index contributed by atoms with van der Waals surface area (Å²) < 4.78 is 114. The van der Waals surface area contributed by atoms with Gasteiger partial charge in [-0.3, -0.25) is 13.7 Å². The molecule has 3 unspecified atom stereocenters. The van der Waals surface area contributed by atoms with E-state index in [9.17, 15) is 43.2 Å². The second-order valence-electron chi connectivity index (χ2n) is 21.2. The molecule has 0 saturated carbocycles. The Morgan fingerprint density at radius 2 is 1.01 bits per heavy atom. The van der Waals surface area contributed by atoms with E-state index in [0.717, 1.165) is 25.7 Å². The molecule has 0 aromatic carbocycles. The molecule has 5 radical (unpaired) electrons. The van der Waals surface area contributed by atoms with Crippen molar-refractivity contribution in [1.29, 1.82) is 0 Å². The van der Waals surface area contributed by atoms with Gasteiger partial charge in [0.15, 0.2) is 0 Å².